The molecule has 0 aliphatic carbocycles. The number of carboxylic acid groups (broad SMARTS) is 1. The standard InChI is InChI=1S/C11H14O3.C2HF3O2/c1-3-14-11(13)8(2)9-5-4-6-10(12)7-9;3-2(4,5)1(6)7/h4-8,12H,3H2,1-2H3;(H,6,7). The second kappa shape index (κ2) is 8.13. The van der Waals surface area contributed by atoms with Crippen LogP contribution in [0.1, 0.15) is 25.3 Å². The summed E-state index contributed by atoms with van der Waals surface area (Å²) in [4.78, 5) is 20.2. The first-order chi connectivity index (χ1) is 9.59. The van der Waals surface area contributed by atoms with Gasteiger partial charge in [0.1, 0.15) is 5.75 Å². The molecule has 118 valence electrons. The Morgan fingerprint density at radius 3 is 2.24 bits per heavy atom. The number of aliphatic carboxylic acids is 1. The van der Waals surface area contributed by atoms with Crippen molar-refractivity contribution in [2.45, 2.75) is 25.9 Å². The van der Waals surface area contributed by atoms with Gasteiger partial charge in [-0.15, -0.1) is 0 Å². The molecule has 1 rings (SSSR count). The van der Waals surface area contributed by atoms with Gasteiger partial charge in [-0.25, -0.2) is 4.79 Å². The van der Waals surface area contributed by atoms with Crippen molar-refractivity contribution in [2.75, 3.05) is 6.61 Å². The van der Waals surface area contributed by atoms with Crippen molar-refractivity contribution >= 4 is 11.9 Å². The van der Waals surface area contributed by atoms with Crippen LogP contribution in [0.25, 0.3) is 0 Å². The molecule has 0 spiro atoms. The molecule has 1 unspecified atom stereocenters. The number of alkyl halides is 3. The third kappa shape index (κ3) is 7.19. The van der Waals surface area contributed by atoms with Gasteiger partial charge in [0, 0.05) is 0 Å². The topological polar surface area (TPSA) is 83.8 Å². The van der Waals surface area contributed by atoms with E-state index in [0.717, 1.165) is 5.56 Å². The SMILES string of the molecule is CCOC(=O)C(C)c1cccc(O)c1.O=C(O)C(F)(F)F. The zero-order valence-electron chi connectivity index (χ0n) is 11.3. The van der Waals surface area contributed by atoms with E-state index in [0.29, 0.717) is 6.61 Å². The van der Waals surface area contributed by atoms with E-state index in [9.17, 15) is 23.1 Å². The van der Waals surface area contributed by atoms with E-state index in [2.05, 4.69) is 0 Å². The Morgan fingerprint density at radius 2 is 1.86 bits per heavy atom. The van der Waals surface area contributed by atoms with Crippen molar-refractivity contribution in [3.05, 3.63) is 29.8 Å². The van der Waals surface area contributed by atoms with Crippen LogP contribution in [0.15, 0.2) is 24.3 Å². The molecule has 8 heteroatoms. The van der Waals surface area contributed by atoms with E-state index in [-0.39, 0.29) is 17.6 Å². The molecule has 1 aromatic rings. The maximum absolute atomic E-state index is 11.4. The lowest BCUT2D eigenvalue weighted by atomic mass is 10.0. The second-order valence-electron chi connectivity index (χ2n) is 3.87. The van der Waals surface area contributed by atoms with Crippen LogP contribution in [0.2, 0.25) is 0 Å². The number of carboxylic acids is 1. The van der Waals surface area contributed by atoms with Gasteiger partial charge in [-0.05, 0) is 31.5 Å². The minimum atomic E-state index is -5.08. The summed E-state index contributed by atoms with van der Waals surface area (Å²) in [5.41, 5.74) is 0.767. The normalized spacial score (nSPS) is 11.9. The average Bonchev–Trinajstić information content (AvgIpc) is 2.37. The summed E-state index contributed by atoms with van der Waals surface area (Å²) in [6.45, 7) is 3.90. The van der Waals surface area contributed by atoms with Gasteiger partial charge >= 0.3 is 18.1 Å². The molecule has 1 atom stereocenters. The first-order valence-electron chi connectivity index (χ1n) is 5.85. The van der Waals surface area contributed by atoms with Crippen molar-refractivity contribution in [3.63, 3.8) is 0 Å². The Kier molecular flexibility index (Phi) is 7.26. The number of hydrogen-bond acceptors (Lipinski definition) is 4. The number of phenolic OH excluding ortho intramolecular Hbond substituents is 1. The second-order valence-corrected chi connectivity index (χ2v) is 3.87. The molecular weight excluding hydrogens is 293 g/mol. The van der Waals surface area contributed by atoms with E-state index < -0.39 is 12.1 Å². The van der Waals surface area contributed by atoms with Gasteiger partial charge < -0.3 is 14.9 Å². The van der Waals surface area contributed by atoms with Crippen LogP contribution in [-0.2, 0) is 14.3 Å². The van der Waals surface area contributed by atoms with Gasteiger partial charge in [-0.2, -0.15) is 13.2 Å². The number of esters is 1. The first kappa shape index (κ1) is 18.8. The molecule has 0 radical (unpaired) electrons. The highest BCUT2D eigenvalue weighted by Crippen LogP contribution is 2.20. The van der Waals surface area contributed by atoms with Crippen LogP contribution in [0.4, 0.5) is 13.2 Å². The monoisotopic (exact) mass is 308 g/mol. The van der Waals surface area contributed by atoms with Crippen LogP contribution in [0.3, 0.4) is 0 Å². The van der Waals surface area contributed by atoms with E-state index >= 15 is 0 Å². The molecule has 0 bridgehead atoms. The predicted molar refractivity (Wildman–Crippen MR) is 66.8 cm³/mol. The molecule has 0 fully saturated rings. The number of hydrogen-bond donors (Lipinski definition) is 2. The fourth-order valence-electron chi connectivity index (χ4n) is 1.20. The summed E-state index contributed by atoms with van der Waals surface area (Å²) in [6, 6.07) is 6.64. The molecule has 0 saturated heterocycles. The van der Waals surface area contributed by atoms with Crippen LogP contribution < -0.4 is 0 Å². The summed E-state index contributed by atoms with van der Waals surface area (Å²) in [7, 11) is 0. The number of carbonyl (C=O) groups is 2. The highest BCUT2D eigenvalue weighted by Gasteiger charge is 2.38. The summed E-state index contributed by atoms with van der Waals surface area (Å²) >= 11 is 0. The summed E-state index contributed by atoms with van der Waals surface area (Å²) in [5, 5.41) is 16.3. The van der Waals surface area contributed by atoms with Crippen LogP contribution in [0.5, 0.6) is 5.75 Å². The lowest BCUT2D eigenvalue weighted by Gasteiger charge is -2.10. The minimum Gasteiger partial charge on any atom is -0.508 e. The Morgan fingerprint density at radius 1 is 1.33 bits per heavy atom. The molecule has 0 aliphatic heterocycles. The zero-order chi connectivity index (χ0) is 16.6. The Labute approximate surface area is 119 Å². The summed E-state index contributed by atoms with van der Waals surface area (Å²) in [5.74, 6) is -3.19. The maximum atomic E-state index is 11.4. The first-order valence-corrected chi connectivity index (χ1v) is 5.85. The molecule has 0 amide bonds. The van der Waals surface area contributed by atoms with Crippen molar-refractivity contribution in [3.8, 4) is 5.75 Å². The lowest BCUT2D eigenvalue weighted by molar-refractivity contribution is -0.192. The number of benzene rings is 1. The number of aromatic hydroxyl groups is 1. The largest absolute Gasteiger partial charge is 0.508 e. The fourth-order valence-corrected chi connectivity index (χ4v) is 1.20. The molecule has 0 heterocycles. The van der Waals surface area contributed by atoms with Gasteiger partial charge in [0.2, 0.25) is 0 Å². The molecule has 0 aromatic heterocycles. The van der Waals surface area contributed by atoms with Gasteiger partial charge in [0.05, 0.1) is 12.5 Å². The molecular formula is C13H15F3O5. The van der Waals surface area contributed by atoms with Gasteiger partial charge in [0.25, 0.3) is 0 Å². The third-order valence-electron chi connectivity index (χ3n) is 2.25. The smallest absolute Gasteiger partial charge is 0.490 e. The molecule has 0 saturated carbocycles. The number of ether oxygens (including phenoxy) is 1. The van der Waals surface area contributed by atoms with Crippen LogP contribution in [-0.4, -0.2) is 34.9 Å². The molecule has 2 N–H and O–H groups in total. The number of rotatable bonds is 3. The quantitative estimate of drug-likeness (QED) is 0.839. The van der Waals surface area contributed by atoms with Gasteiger partial charge in [-0.1, -0.05) is 12.1 Å². The van der Waals surface area contributed by atoms with E-state index in [1.54, 1.807) is 38.1 Å². The highest BCUT2D eigenvalue weighted by atomic mass is 19.4. The number of halogens is 3. The van der Waals surface area contributed by atoms with E-state index in [4.69, 9.17) is 14.6 Å². The Balaban J connectivity index is 0.000000486. The van der Waals surface area contributed by atoms with Crippen LogP contribution >= 0.6 is 0 Å². The number of carbonyl (C=O) groups excluding carboxylic acids is 1. The lowest BCUT2D eigenvalue weighted by Crippen LogP contribution is -2.21. The molecule has 21 heavy (non-hydrogen) atoms. The Hall–Kier alpha value is -2.25. The van der Waals surface area contributed by atoms with Crippen molar-refractivity contribution < 1.29 is 37.7 Å². The van der Waals surface area contributed by atoms with E-state index in [1.165, 1.54) is 0 Å². The predicted octanol–water partition coefficient (Wildman–Crippen LogP) is 2.69. The van der Waals surface area contributed by atoms with Gasteiger partial charge in [-0.3, -0.25) is 4.79 Å². The fraction of sp³-hybridized carbons (Fsp3) is 0.385. The van der Waals surface area contributed by atoms with Crippen LogP contribution in [0, 0.1) is 0 Å². The minimum absolute atomic E-state index is 0.165. The molecule has 1 aromatic carbocycles. The van der Waals surface area contributed by atoms with E-state index in [1.807, 2.05) is 0 Å². The molecule has 5 nitrogen and oxygen atoms in total. The Bertz CT molecular complexity index is 485. The van der Waals surface area contributed by atoms with Gasteiger partial charge in [0.15, 0.2) is 0 Å². The van der Waals surface area contributed by atoms with Crippen molar-refractivity contribution in [2.24, 2.45) is 0 Å². The maximum Gasteiger partial charge on any atom is 0.490 e. The zero-order valence-corrected chi connectivity index (χ0v) is 11.3. The summed E-state index contributed by atoms with van der Waals surface area (Å²) in [6.07, 6.45) is -5.08. The molecule has 0 aliphatic rings. The average molecular weight is 308 g/mol. The highest BCUT2D eigenvalue weighted by molar-refractivity contribution is 5.77. The third-order valence-corrected chi connectivity index (χ3v) is 2.25. The van der Waals surface area contributed by atoms with Crippen molar-refractivity contribution in [1.29, 1.82) is 0 Å². The number of phenols is 1. The van der Waals surface area contributed by atoms with Crippen molar-refractivity contribution in [1.82, 2.24) is 0 Å². The summed E-state index contributed by atoms with van der Waals surface area (Å²) < 4.78 is 36.6.